The molecule has 2 aromatic carbocycles. The van der Waals surface area contributed by atoms with E-state index in [1.165, 1.54) is 18.2 Å². The van der Waals surface area contributed by atoms with Crippen LogP contribution in [0.1, 0.15) is 15.9 Å². The molecule has 0 atom stereocenters. The lowest BCUT2D eigenvalue weighted by molar-refractivity contribution is 0.104. The minimum absolute atomic E-state index is 0.132. The van der Waals surface area contributed by atoms with E-state index in [2.05, 4.69) is 0 Å². The molecule has 0 aromatic heterocycles. The summed E-state index contributed by atoms with van der Waals surface area (Å²) >= 11 is 0. The summed E-state index contributed by atoms with van der Waals surface area (Å²) in [6.07, 6.45) is 3.16. The molecule has 4 heteroatoms. The van der Waals surface area contributed by atoms with Gasteiger partial charge in [-0.15, -0.1) is 0 Å². The Kier molecular flexibility index (Phi) is 3.95. The quantitative estimate of drug-likeness (QED) is 0.446. The molecule has 96 valence electrons. The number of anilines is 1. The summed E-state index contributed by atoms with van der Waals surface area (Å²) in [5, 5.41) is 17.8. The maximum absolute atomic E-state index is 11.8. The summed E-state index contributed by atoms with van der Waals surface area (Å²) in [4.78, 5) is 11.8. The van der Waals surface area contributed by atoms with Crippen LogP contribution in [0, 0.1) is 0 Å². The lowest BCUT2D eigenvalue weighted by Gasteiger charge is -1.99. The molecule has 4 nitrogen and oxygen atoms in total. The summed E-state index contributed by atoms with van der Waals surface area (Å²) in [6, 6.07) is 13.0. The molecule has 0 saturated heterocycles. The van der Waals surface area contributed by atoms with Crippen molar-refractivity contribution >= 4 is 17.5 Å². The number of hydrogen-bond donors (Lipinski definition) is 3. The van der Waals surface area contributed by atoms with Gasteiger partial charge in [-0.2, -0.15) is 0 Å². The highest BCUT2D eigenvalue weighted by molar-refractivity contribution is 6.06. The number of ketones is 1. The largest absolute Gasteiger partial charge is 0.508 e. The Bertz CT molecular complexity index is 586. The van der Waals surface area contributed by atoms with Crippen LogP contribution in [0.15, 0.2) is 54.6 Å². The van der Waals surface area contributed by atoms with Crippen LogP contribution in [0.4, 0.5) is 5.69 Å². The summed E-state index contributed by atoms with van der Waals surface area (Å²) in [6.45, 7) is 0. The number of nitrogens with one attached hydrogen (secondary N) is 1. The number of benzene rings is 2. The monoisotopic (exact) mass is 255 g/mol. The van der Waals surface area contributed by atoms with Gasteiger partial charge in [-0.05, 0) is 48.0 Å². The number of allylic oxidation sites excluding steroid dienone is 1. The summed E-state index contributed by atoms with van der Waals surface area (Å²) in [7, 11) is 0. The minimum atomic E-state index is -0.135. The van der Waals surface area contributed by atoms with Gasteiger partial charge in [-0.25, -0.2) is 0 Å². The fourth-order valence-corrected chi connectivity index (χ4v) is 1.56. The predicted molar refractivity (Wildman–Crippen MR) is 73.3 cm³/mol. The van der Waals surface area contributed by atoms with Crippen LogP contribution in [0.25, 0.3) is 6.08 Å². The topological polar surface area (TPSA) is 69.6 Å². The summed E-state index contributed by atoms with van der Waals surface area (Å²) in [5.74, 6) is -0.00279. The van der Waals surface area contributed by atoms with E-state index in [0.717, 1.165) is 5.56 Å². The van der Waals surface area contributed by atoms with Crippen LogP contribution in [0.2, 0.25) is 0 Å². The molecule has 0 saturated carbocycles. The molecule has 3 N–H and O–H groups in total. The van der Waals surface area contributed by atoms with Crippen molar-refractivity contribution in [2.24, 2.45) is 0 Å². The average molecular weight is 255 g/mol. The van der Waals surface area contributed by atoms with Crippen LogP contribution in [-0.2, 0) is 0 Å². The molecule has 0 fully saturated rings. The fraction of sp³-hybridized carbons (Fsp3) is 0. The Morgan fingerprint density at radius 1 is 1.00 bits per heavy atom. The Labute approximate surface area is 110 Å². The highest BCUT2D eigenvalue weighted by Crippen LogP contribution is 2.13. The smallest absolute Gasteiger partial charge is 0.185 e. The molecule has 0 bridgehead atoms. The molecular weight excluding hydrogens is 242 g/mol. The summed E-state index contributed by atoms with van der Waals surface area (Å²) in [5.41, 5.74) is 3.99. The van der Waals surface area contributed by atoms with Crippen LogP contribution in [0.5, 0.6) is 5.75 Å². The van der Waals surface area contributed by atoms with Gasteiger partial charge in [0.05, 0.1) is 5.69 Å². The van der Waals surface area contributed by atoms with Crippen molar-refractivity contribution in [1.29, 1.82) is 0 Å². The first-order valence-electron chi connectivity index (χ1n) is 5.70. The molecule has 0 heterocycles. The number of carbonyl (C=O) groups excluding carboxylic acids is 1. The lowest BCUT2D eigenvalue weighted by atomic mass is 10.1. The predicted octanol–water partition coefficient (Wildman–Crippen LogP) is 3.09. The molecule has 2 aromatic rings. The van der Waals surface area contributed by atoms with Crippen molar-refractivity contribution in [1.82, 2.24) is 0 Å². The number of aromatic hydroxyl groups is 1. The van der Waals surface area contributed by atoms with Crippen LogP contribution < -0.4 is 5.48 Å². The van der Waals surface area contributed by atoms with Crippen molar-refractivity contribution in [3.8, 4) is 5.75 Å². The molecule has 0 amide bonds. The normalized spacial score (nSPS) is 10.6. The molecule has 0 spiro atoms. The highest BCUT2D eigenvalue weighted by atomic mass is 16.5. The standard InChI is InChI=1S/C15H13NO3/c17-14-8-4-12(5-9-14)15(18)10-3-11-1-6-13(16-19)7-2-11/h1-10,16-17,19H/b10-3+. The number of hydrogen-bond acceptors (Lipinski definition) is 4. The number of rotatable bonds is 4. The lowest BCUT2D eigenvalue weighted by Crippen LogP contribution is -1.93. The zero-order chi connectivity index (χ0) is 13.7. The van der Waals surface area contributed by atoms with E-state index in [-0.39, 0.29) is 11.5 Å². The average Bonchev–Trinajstić information content (AvgIpc) is 2.46. The Morgan fingerprint density at radius 2 is 1.63 bits per heavy atom. The zero-order valence-electron chi connectivity index (χ0n) is 10.1. The van der Waals surface area contributed by atoms with E-state index < -0.39 is 0 Å². The van der Waals surface area contributed by atoms with Gasteiger partial charge in [0.2, 0.25) is 0 Å². The maximum atomic E-state index is 11.8. The Morgan fingerprint density at radius 3 is 2.21 bits per heavy atom. The zero-order valence-corrected chi connectivity index (χ0v) is 10.1. The third-order valence-electron chi connectivity index (χ3n) is 2.62. The third kappa shape index (κ3) is 3.43. The Balaban J connectivity index is 2.08. The minimum Gasteiger partial charge on any atom is -0.508 e. The van der Waals surface area contributed by atoms with Gasteiger partial charge in [-0.1, -0.05) is 18.2 Å². The highest BCUT2D eigenvalue weighted by Gasteiger charge is 2.01. The molecule has 0 aliphatic rings. The van der Waals surface area contributed by atoms with Gasteiger partial charge >= 0.3 is 0 Å². The van der Waals surface area contributed by atoms with Crippen molar-refractivity contribution in [3.63, 3.8) is 0 Å². The van der Waals surface area contributed by atoms with E-state index in [4.69, 9.17) is 10.3 Å². The second-order valence-electron chi connectivity index (χ2n) is 3.98. The molecule has 0 aliphatic carbocycles. The van der Waals surface area contributed by atoms with Crippen molar-refractivity contribution in [3.05, 3.63) is 65.7 Å². The van der Waals surface area contributed by atoms with Crippen molar-refractivity contribution in [2.75, 3.05) is 5.48 Å². The molecule has 2 rings (SSSR count). The van der Waals surface area contributed by atoms with Gasteiger partial charge < -0.3 is 5.11 Å². The second-order valence-corrected chi connectivity index (χ2v) is 3.98. The molecule has 0 radical (unpaired) electrons. The fourth-order valence-electron chi connectivity index (χ4n) is 1.56. The van der Waals surface area contributed by atoms with Crippen molar-refractivity contribution < 1.29 is 15.1 Å². The van der Waals surface area contributed by atoms with Crippen molar-refractivity contribution in [2.45, 2.75) is 0 Å². The Hall–Kier alpha value is -2.59. The first-order chi connectivity index (χ1) is 9.19. The number of phenolic OH excluding ortho intramolecular Hbond substituents is 1. The molecule has 19 heavy (non-hydrogen) atoms. The maximum Gasteiger partial charge on any atom is 0.185 e. The van der Waals surface area contributed by atoms with E-state index in [0.29, 0.717) is 11.3 Å². The first-order valence-corrected chi connectivity index (χ1v) is 5.70. The molecular formula is C15H13NO3. The van der Waals surface area contributed by atoms with Crippen LogP contribution >= 0.6 is 0 Å². The molecule has 0 unspecified atom stereocenters. The van der Waals surface area contributed by atoms with Gasteiger partial charge in [-0.3, -0.25) is 15.5 Å². The second kappa shape index (κ2) is 5.84. The SMILES string of the molecule is O=C(/C=C/c1ccc(NO)cc1)c1ccc(O)cc1. The van der Waals surface area contributed by atoms with E-state index in [1.54, 1.807) is 42.5 Å². The number of phenols is 1. The van der Waals surface area contributed by atoms with Gasteiger partial charge in [0.1, 0.15) is 5.75 Å². The third-order valence-corrected chi connectivity index (χ3v) is 2.62. The summed E-state index contributed by atoms with van der Waals surface area (Å²) < 4.78 is 0. The number of carbonyl (C=O) groups is 1. The van der Waals surface area contributed by atoms with Gasteiger partial charge in [0.25, 0.3) is 0 Å². The molecule has 0 aliphatic heterocycles. The van der Waals surface area contributed by atoms with E-state index in [9.17, 15) is 4.79 Å². The van der Waals surface area contributed by atoms with Crippen LogP contribution in [0.3, 0.4) is 0 Å². The van der Waals surface area contributed by atoms with E-state index >= 15 is 0 Å². The van der Waals surface area contributed by atoms with Crippen LogP contribution in [-0.4, -0.2) is 16.1 Å². The van der Waals surface area contributed by atoms with Gasteiger partial charge in [0.15, 0.2) is 5.78 Å². The van der Waals surface area contributed by atoms with Gasteiger partial charge in [0, 0.05) is 5.56 Å². The first kappa shape index (κ1) is 12.9. The van der Waals surface area contributed by atoms with E-state index in [1.807, 2.05) is 5.48 Å².